The summed E-state index contributed by atoms with van der Waals surface area (Å²) in [6, 6.07) is 8.24. The molecule has 4 heteroatoms. The third-order valence-corrected chi connectivity index (χ3v) is 5.52. The van der Waals surface area contributed by atoms with Crippen LogP contribution in [0, 0.1) is 0 Å². The van der Waals surface area contributed by atoms with E-state index in [1.807, 2.05) is 30.8 Å². The Morgan fingerprint density at radius 3 is 2.95 bits per heavy atom. The molecule has 2 heterocycles. The molecule has 0 aliphatic carbocycles. The van der Waals surface area contributed by atoms with Gasteiger partial charge in [0, 0.05) is 18.9 Å². The predicted molar refractivity (Wildman–Crippen MR) is 87.9 cm³/mol. The summed E-state index contributed by atoms with van der Waals surface area (Å²) in [7, 11) is 0. The molecule has 1 aromatic carbocycles. The van der Waals surface area contributed by atoms with Crippen LogP contribution in [0.15, 0.2) is 24.3 Å². The van der Waals surface area contributed by atoms with Gasteiger partial charge in [-0.05, 0) is 49.0 Å². The smallest absolute Gasteiger partial charge is 0.120 e. The molecule has 2 fully saturated rings. The lowest BCUT2D eigenvalue weighted by molar-refractivity contribution is -0.116. The van der Waals surface area contributed by atoms with Gasteiger partial charge in [-0.2, -0.15) is 11.8 Å². The first-order valence-electron chi connectivity index (χ1n) is 7.91. The van der Waals surface area contributed by atoms with E-state index >= 15 is 0 Å². The van der Waals surface area contributed by atoms with Crippen LogP contribution in [0.1, 0.15) is 44.2 Å². The second-order valence-electron chi connectivity index (χ2n) is 6.24. The molecule has 2 aliphatic heterocycles. The first-order valence-corrected chi connectivity index (χ1v) is 9.06. The number of nitrogens with two attached hydrogens (primary N) is 1. The highest BCUT2D eigenvalue weighted by Gasteiger charge is 2.39. The first kappa shape index (κ1) is 15.2. The van der Waals surface area contributed by atoms with Gasteiger partial charge in [0.2, 0.25) is 0 Å². The molecule has 2 aliphatic rings. The maximum Gasteiger partial charge on any atom is 0.120 e. The molecular formula is C17H25NO2S. The number of thioether (sulfide) groups is 1. The maximum absolute atomic E-state index is 6.23. The van der Waals surface area contributed by atoms with Gasteiger partial charge in [-0.15, -0.1) is 0 Å². The molecule has 0 saturated carbocycles. The normalized spacial score (nSPS) is 26.5. The molecule has 0 bridgehead atoms. The lowest BCUT2D eigenvalue weighted by Gasteiger charge is -2.43. The summed E-state index contributed by atoms with van der Waals surface area (Å²) in [5.74, 6) is 3.37. The van der Waals surface area contributed by atoms with E-state index in [-0.39, 0.29) is 17.7 Å². The highest BCUT2D eigenvalue weighted by molar-refractivity contribution is 7.99. The van der Waals surface area contributed by atoms with Gasteiger partial charge in [0.1, 0.15) is 11.9 Å². The van der Waals surface area contributed by atoms with Crippen LogP contribution in [0.4, 0.5) is 0 Å². The molecule has 0 radical (unpaired) electrons. The highest BCUT2D eigenvalue weighted by atomic mass is 32.2. The molecule has 2 saturated heterocycles. The summed E-state index contributed by atoms with van der Waals surface area (Å²) in [6.07, 6.45) is 4.60. The van der Waals surface area contributed by atoms with Crippen molar-refractivity contribution in [3.05, 3.63) is 29.8 Å². The Balaban J connectivity index is 1.65. The van der Waals surface area contributed by atoms with Gasteiger partial charge in [0.25, 0.3) is 0 Å². The van der Waals surface area contributed by atoms with Crippen molar-refractivity contribution in [3.8, 4) is 5.75 Å². The van der Waals surface area contributed by atoms with E-state index in [4.69, 9.17) is 15.2 Å². The third kappa shape index (κ3) is 3.74. The van der Waals surface area contributed by atoms with Gasteiger partial charge in [-0.3, -0.25) is 0 Å². The molecule has 3 nitrogen and oxygen atoms in total. The SMILES string of the molecule is CC(N)c1cccc(OC2CCOC3(CCSCC3)C2)c1. The van der Waals surface area contributed by atoms with E-state index in [0.717, 1.165) is 43.6 Å². The van der Waals surface area contributed by atoms with Gasteiger partial charge >= 0.3 is 0 Å². The van der Waals surface area contributed by atoms with Crippen LogP contribution >= 0.6 is 11.8 Å². The zero-order valence-electron chi connectivity index (χ0n) is 12.7. The Kier molecular flexibility index (Phi) is 4.77. The van der Waals surface area contributed by atoms with Crippen molar-refractivity contribution in [2.75, 3.05) is 18.1 Å². The van der Waals surface area contributed by atoms with Gasteiger partial charge in [-0.1, -0.05) is 12.1 Å². The molecule has 2 atom stereocenters. The van der Waals surface area contributed by atoms with E-state index in [0.29, 0.717) is 0 Å². The molecule has 3 rings (SSSR count). The minimum atomic E-state index is 0.0463. The van der Waals surface area contributed by atoms with Crippen LogP contribution in [0.5, 0.6) is 5.75 Å². The van der Waals surface area contributed by atoms with Crippen LogP contribution in [0.25, 0.3) is 0 Å². The standard InChI is InChI=1S/C17H25NO2S/c1-13(18)14-3-2-4-15(11-14)20-16-5-8-19-17(12-16)6-9-21-10-7-17/h2-4,11,13,16H,5-10,12,18H2,1H3. The fraction of sp³-hybridized carbons (Fsp3) is 0.647. The van der Waals surface area contributed by atoms with Crippen molar-refractivity contribution in [1.29, 1.82) is 0 Å². The zero-order valence-corrected chi connectivity index (χ0v) is 13.5. The predicted octanol–water partition coefficient (Wildman–Crippen LogP) is 3.53. The zero-order chi connectivity index (χ0) is 14.7. The quantitative estimate of drug-likeness (QED) is 0.928. The second-order valence-corrected chi connectivity index (χ2v) is 7.46. The number of benzene rings is 1. The van der Waals surface area contributed by atoms with Crippen molar-refractivity contribution in [2.24, 2.45) is 5.73 Å². The van der Waals surface area contributed by atoms with Crippen molar-refractivity contribution < 1.29 is 9.47 Å². The molecule has 1 spiro atoms. The van der Waals surface area contributed by atoms with Crippen molar-refractivity contribution in [3.63, 3.8) is 0 Å². The van der Waals surface area contributed by atoms with E-state index in [9.17, 15) is 0 Å². The summed E-state index contributed by atoms with van der Waals surface area (Å²) in [6.45, 7) is 2.82. The summed E-state index contributed by atoms with van der Waals surface area (Å²) >= 11 is 2.04. The first-order chi connectivity index (χ1) is 10.2. The summed E-state index contributed by atoms with van der Waals surface area (Å²) in [5, 5.41) is 0. The van der Waals surface area contributed by atoms with E-state index in [1.165, 1.54) is 11.5 Å². The van der Waals surface area contributed by atoms with Crippen LogP contribution < -0.4 is 10.5 Å². The summed E-state index contributed by atoms with van der Waals surface area (Å²) < 4.78 is 12.4. The fourth-order valence-corrected chi connectivity index (χ4v) is 4.48. The van der Waals surface area contributed by atoms with E-state index < -0.39 is 0 Å². The van der Waals surface area contributed by atoms with Gasteiger partial charge in [-0.25, -0.2) is 0 Å². The average molecular weight is 307 g/mol. The number of rotatable bonds is 3. The lowest BCUT2D eigenvalue weighted by Crippen LogP contribution is -2.46. The van der Waals surface area contributed by atoms with Crippen molar-refractivity contribution in [1.82, 2.24) is 0 Å². The summed E-state index contributed by atoms with van der Waals surface area (Å²) in [5.41, 5.74) is 7.15. The average Bonchev–Trinajstić information content (AvgIpc) is 2.48. The molecule has 2 unspecified atom stereocenters. The Labute approximate surface area is 131 Å². The van der Waals surface area contributed by atoms with Gasteiger partial charge in [0.15, 0.2) is 0 Å². The van der Waals surface area contributed by atoms with Crippen LogP contribution in [-0.4, -0.2) is 29.8 Å². The fourth-order valence-electron chi connectivity index (χ4n) is 3.24. The minimum absolute atomic E-state index is 0.0463. The van der Waals surface area contributed by atoms with Crippen LogP contribution in [0.3, 0.4) is 0 Å². The number of hydrogen-bond acceptors (Lipinski definition) is 4. The van der Waals surface area contributed by atoms with Crippen LogP contribution in [0.2, 0.25) is 0 Å². The topological polar surface area (TPSA) is 44.5 Å². The Bertz CT molecular complexity index is 466. The lowest BCUT2D eigenvalue weighted by atomic mass is 9.86. The Morgan fingerprint density at radius 1 is 1.38 bits per heavy atom. The summed E-state index contributed by atoms with van der Waals surface area (Å²) in [4.78, 5) is 0. The second kappa shape index (κ2) is 6.59. The van der Waals surface area contributed by atoms with E-state index in [2.05, 4.69) is 12.1 Å². The van der Waals surface area contributed by atoms with Crippen molar-refractivity contribution >= 4 is 11.8 Å². The maximum atomic E-state index is 6.23. The number of hydrogen-bond donors (Lipinski definition) is 1. The third-order valence-electron chi connectivity index (χ3n) is 4.54. The molecular weight excluding hydrogens is 282 g/mol. The van der Waals surface area contributed by atoms with Gasteiger partial charge in [0.05, 0.1) is 12.2 Å². The van der Waals surface area contributed by atoms with E-state index in [1.54, 1.807) is 0 Å². The minimum Gasteiger partial charge on any atom is -0.490 e. The molecule has 0 aromatic heterocycles. The monoisotopic (exact) mass is 307 g/mol. The molecule has 2 N–H and O–H groups in total. The number of ether oxygens (including phenoxy) is 2. The molecule has 1 aromatic rings. The Morgan fingerprint density at radius 2 is 2.19 bits per heavy atom. The molecule has 0 amide bonds. The van der Waals surface area contributed by atoms with Crippen LogP contribution in [-0.2, 0) is 4.74 Å². The highest BCUT2D eigenvalue weighted by Crippen LogP contribution is 2.38. The van der Waals surface area contributed by atoms with Crippen molar-refractivity contribution in [2.45, 2.75) is 50.4 Å². The Hall–Kier alpha value is -0.710. The van der Waals surface area contributed by atoms with Gasteiger partial charge < -0.3 is 15.2 Å². The molecule has 21 heavy (non-hydrogen) atoms. The molecule has 116 valence electrons. The largest absolute Gasteiger partial charge is 0.490 e.